The average molecular weight is 453 g/mol. The molecule has 3 aromatic heterocycles. The number of aromatic nitrogens is 4. The third kappa shape index (κ3) is 5.74. The van der Waals surface area contributed by atoms with Crippen molar-refractivity contribution < 1.29 is 23.4 Å². The van der Waals surface area contributed by atoms with E-state index in [1.165, 1.54) is 6.20 Å². The molecule has 10 heteroatoms. The van der Waals surface area contributed by atoms with Crippen LogP contribution in [0.15, 0.2) is 30.7 Å². The normalized spacial score (nSPS) is 12.5. The number of rotatable bonds is 11. The lowest BCUT2D eigenvalue weighted by Gasteiger charge is -2.12. The molecule has 3 rings (SSSR count). The summed E-state index contributed by atoms with van der Waals surface area (Å²) in [4.78, 5) is 21.3. The number of ketones is 1. The lowest BCUT2D eigenvalue weighted by molar-refractivity contribution is 0.0796. The van der Waals surface area contributed by atoms with Gasteiger partial charge in [0.05, 0.1) is 12.1 Å². The molecule has 0 saturated carbocycles. The Kier molecular flexibility index (Phi) is 7.86. The van der Waals surface area contributed by atoms with Gasteiger partial charge in [0.25, 0.3) is 6.43 Å². The molecular formula is C21H23ClF2N4O3. The number of fused-ring (bicyclic) bond motifs is 1. The molecule has 0 fully saturated rings. The summed E-state index contributed by atoms with van der Waals surface area (Å²) in [6.07, 6.45) is 3.98. The van der Waals surface area contributed by atoms with Gasteiger partial charge in [-0.25, -0.2) is 13.8 Å². The molecule has 0 saturated heterocycles. The molecule has 7 nitrogen and oxygen atoms in total. The summed E-state index contributed by atoms with van der Waals surface area (Å²) in [6, 6.07) is 3.30. The average Bonchev–Trinajstić information content (AvgIpc) is 3.15. The molecule has 1 N–H and O–H groups in total. The van der Waals surface area contributed by atoms with Crippen LogP contribution in [0.2, 0.25) is 5.02 Å². The van der Waals surface area contributed by atoms with E-state index >= 15 is 0 Å². The van der Waals surface area contributed by atoms with Gasteiger partial charge < -0.3 is 9.84 Å². The monoisotopic (exact) mass is 452 g/mol. The molecule has 3 heterocycles. The van der Waals surface area contributed by atoms with Gasteiger partial charge >= 0.3 is 0 Å². The number of carbonyl (C=O) groups is 1. The van der Waals surface area contributed by atoms with Gasteiger partial charge in [-0.3, -0.25) is 14.5 Å². The Morgan fingerprint density at radius 1 is 1.35 bits per heavy atom. The van der Waals surface area contributed by atoms with Crippen LogP contribution in [0.25, 0.3) is 10.9 Å². The van der Waals surface area contributed by atoms with E-state index in [0.29, 0.717) is 48.0 Å². The Labute approximate surface area is 183 Å². The number of aliphatic hydroxyl groups is 1. The van der Waals surface area contributed by atoms with E-state index in [0.717, 1.165) is 0 Å². The van der Waals surface area contributed by atoms with Crippen molar-refractivity contribution >= 4 is 28.3 Å². The van der Waals surface area contributed by atoms with Crippen LogP contribution >= 0.6 is 11.6 Å². The number of aliphatic hydroxyl groups excluding tert-OH is 1. The Hall–Kier alpha value is -2.65. The quantitative estimate of drug-likeness (QED) is 0.439. The van der Waals surface area contributed by atoms with Crippen LogP contribution in [-0.4, -0.2) is 50.3 Å². The lowest BCUT2D eigenvalue weighted by atomic mass is 9.92. The summed E-state index contributed by atoms with van der Waals surface area (Å²) in [5.74, 6) is -0.328. The van der Waals surface area contributed by atoms with E-state index in [1.807, 2.05) is 6.92 Å². The van der Waals surface area contributed by atoms with E-state index in [2.05, 4.69) is 15.1 Å². The van der Waals surface area contributed by atoms with Crippen molar-refractivity contribution in [1.29, 1.82) is 0 Å². The minimum atomic E-state index is -2.62. The number of hydrogen-bond donors (Lipinski definition) is 1. The smallest absolute Gasteiger partial charge is 0.272 e. The Morgan fingerprint density at radius 2 is 2.16 bits per heavy atom. The first-order valence-corrected chi connectivity index (χ1v) is 10.3. The fraction of sp³-hybridized carbons (Fsp3) is 0.429. The van der Waals surface area contributed by atoms with Gasteiger partial charge in [0.2, 0.25) is 5.88 Å². The Bertz CT molecular complexity index is 1040. The molecule has 0 radical (unpaired) electrons. The number of alkyl halides is 2. The first kappa shape index (κ1) is 23.0. The van der Waals surface area contributed by atoms with Crippen LogP contribution in [0.1, 0.15) is 42.2 Å². The minimum Gasteiger partial charge on any atom is -0.471 e. The Balaban J connectivity index is 1.81. The van der Waals surface area contributed by atoms with Gasteiger partial charge in [0.1, 0.15) is 10.7 Å². The summed E-state index contributed by atoms with van der Waals surface area (Å²) in [6.45, 7) is 1.51. The Morgan fingerprint density at radius 3 is 2.84 bits per heavy atom. The van der Waals surface area contributed by atoms with Crippen molar-refractivity contribution in [2.45, 2.75) is 39.2 Å². The number of hydrogen-bond acceptors (Lipinski definition) is 6. The topological polar surface area (TPSA) is 90.1 Å². The molecular weight excluding hydrogens is 430 g/mol. The highest BCUT2D eigenvalue weighted by Crippen LogP contribution is 2.25. The predicted octanol–water partition coefficient (Wildman–Crippen LogP) is 4.15. The number of halogens is 3. The third-order valence-corrected chi connectivity index (χ3v) is 5.11. The summed E-state index contributed by atoms with van der Waals surface area (Å²) in [7, 11) is 0. The first-order chi connectivity index (χ1) is 14.9. The van der Waals surface area contributed by atoms with Crippen LogP contribution in [0, 0.1) is 5.92 Å². The number of carbonyl (C=O) groups excluding carboxylic acids is 1. The lowest BCUT2D eigenvalue weighted by Crippen LogP contribution is -2.16. The molecule has 3 aromatic rings. The zero-order valence-corrected chi connectivity index (χ0v) is 17.7. The molecule has 0 bridgehead atoms. The SMILES string of the molecule is CCC(CCCO)C(=O)c1nccc2nn(Cc3cnc(OCC(F)F)c(Cl)c3)cc12. The fourth-order valence-corrected chi connectivity index (χ4v) is 3.55. The van der Waals surface area contributed by atoms with E-state index in [1.54, 1.807) is 29.2 Å². The van der Waals surface area contributed by atoms with Crippen molar-refractivity contribution in [2.24, 2.45) is 5.92 Å². The van der Waals surface area contributed by atoms with E-state index in [4.69, 9.17) is 21.4 Å². The number of Topliss-reactive ketones (excluding diaryl/α,β-unsaturated/α-hetero) is 1. The van der Waals surface area contributed by atoms with Gasteiger partial charge in [-0.1, -0.05) is 18.5 Å². The van der Waals surface area contributed by atoms with Crippen LogP contribution in [-0.2, 0) is 6.54 Å². The predicted molar refractivity (Wildman–Crippen MR) is 112 cm³/mol. The van der Waals surface area contributed by atoms with Gasteiger partial charge in [-0.2, -0.15) is 5.10 Å². The van der Waals surface area contributed by atoms with E-state index in [-0.39, 0.29) is 29.2 Å². The molecule has 166 valence electrons. The van der Waals surface area contributed by atoms with Gasteiger partial charge in [-0.05, 0) is 37.0 Å². The van der Waals surface area contributed by atoms with Crippen molar-refractivity contribution in [3.63, 3.8) is 0 Å². The summed E-state index contributed by atoms with van der Waals surface area (Å²) >= 11 is 6.08. The molecule has 31 heavy (non-hydrogen) atoms. The number of pyridine rings is 2. The maximum absolute atomic E-state index is 13.0. The zero-order valence-electron chi connectivity index (χ0n) is 17.0. The van der Waals surface area contributed by atoms with Crippen LogP contribution in [0.3, 0.4) is 0 Å². The molecule has 0 amide bonds. The van der Waals surface area contributed by atoms with Crippen LogP contribution in [0.5, 0.6) is 5.88 Å². The highest BCUT2D eigenvalue weighted by Gasteiger charge is 2.22. The summed E-state index contributed by atoms with van der Waals surface area (Å²) in [5, 5.41) is 14.3. The number of ether oxygens (including phenoxy) is 1. The second kappa shape index (κ2) is 10.6. The van der Waals surface area contributed by atoms with Crippen molar-refractivity contribution in [3.8, 4) is 5.88 Å². The molecule has 0 aliphatic rings. The summed E-state index contributed by atoms with van der Waals surface area (Å²) < 4.78 is 31.1. The van der Waals surface area contributed by atoms with Crippen molar-refractivity contribution in [1.82, 2.24) is 19.7 Å². The molecule has 1 unspecified atom stereocenters. The highest BCUT2D eigenvalue weighted by molar-refractivity contribution is 6.31. The van der Waals surface area contributed by atoms with Gasteiger partial charge in [-0.15, -0.1) is 0 Å². The minimum absolute atomic E-state index is 0.0436. The molecule has 0 aliphatic carbocycles. The van der Waals surface area contributed by atoms with E-state index in [9.17, 15) is 13.6 Å². The highest BCUT2D eigenvalue weighted by atomic mass is 35.5. The largest absolute Gasteiger partial charge is 0.471 e. The second-order valence-corrected chi connectivity index (χ2v) is 7.49. The fourth-order valence-electron chi connectivity index (χ4n) is 3.31. The molecule has 1 atom stereocenters. The van der Waals surface area contributed by atoms with Crippen LogP contribution in [0.4, 0.5) is 8.78 Å². The standard InChI is InChI=1S/C21H23ClF2N4O3/c1-2-14(4-3-7-29)20(30)19-15-11-28(27-17(15)5-6-25-19)10-13-8-16(22)21(26-9-13)31-12-18(23)24/h5-6,8-9,11,14,18,29H,2-4,7,10,12H2,1H3. The maximum Gasteiger partial charge on any atom is 0.272 e. The van der Waals surface area contributed by atoms with Crippen molar-refractivity contribution in [3.05, 3.63) is 47.0 Å². The van der Waals surface area contributed by atoms with Crippen LogP contribution < -0.4 is 4.74 Å². The molecule has 0 aliphatic heterocycles. The maximum atomic E-state index is 13.0. The van der Waals surface area contributed by atoms with Crippen molar-refractivity contribution in [2.75, 3.05) is 13.2 Å². The molecule has 0 spiro atoms. The second-order valence-electron chi connectivity index (χ2n) is 7.09. The molecule has 0 aromatic carbocycles. The van der Waals surface area contributed by atoms with Gasteiger partial charge in [0.15, 0.2) is 12.4 Å². The van der Waals surface area contributed by atoms with E-state index < -0.39 is 13.0 Å². The third-order valence-electron chi connectivity index (χ3n) is 4.84. The first-order valence-electron chi connectivity index (χ1n) is 9.95. The summed E-state index contributed by atoms with van der Waals surface area (Å²) in [5.41, 5.74) is 1.68. The van der Waals surface area contributed by atoms with Gasteiger partial charge in [0, 0.05) is 36.5 Å². The zero-order chi connectivity index (χ0) is 22.4. The number of nitrogens with zero attached hydrogens (tertiary/aromatic N) is 4.